The predicted molar refractivity (Wildman–Crippen MR) is 126 cm³/mol. The second kappa shape index (κ2) is 8.73. The third-order valence-corrected chi connectivity index (χ3v) is 5.36. The Balaban J connectivity index is 1.63. The quantitative estimate of drug-likeness (QED) is 0.550. The lowest BCUT2D eigenvalue weighted by atomic mass is 9.62. The second-order valence-corrected chi connectivity index (χ2v) is 8.76. The van der Waals surface area contributed by atoms with Crippen molar-refractivity contribution in [1.82, 2.24) is 15.5 Å². The van der Waals surface area contributed by atoms with Crippen molar-refractivity contribution in [2.75, 3.05) is 6.61 Å². The van der Waals surface area contributed by atoms with E-state index >= 15 is 0 Å². The van der Waals surface area contributed by atoms with Gasteiger partial charge in [-0.2, -0.15) is 10.2 Å². The molecule has 1 aliphatic rings. The zero-order valence-corrected chi connectivity index (χ0v) is 18.5. The molecule has 0 spiro atoms. The van der Waals surface area contributed by atoms with Crippen LogP contribution in [0, 0.1) is 11.3 Å². The molecule has 4 rings (SSSR count). The van der Waals surface area contributed by atoms with Gasteiger partial charge in [0.2, 0.25) is 5.82 Å². The summed E-state index contributed by atoms with van der Waals surface area (Å²) in [5.74, 6) is 1.11. The van der Waals surface area contributed by atoms with E-state index in [9.17, 15) is 10.4 Å². The van der Waals surface area contributed by atoms with Crippen molar-refractivity contribution in [3.8, 4) is 34.7 Å². The fourth-order valence-electron chi connectivity index (χ4n) is 3.96. The molecule has 2 N–H and O–H groups in total. The smallest absolute Gasteiger partial charge is 0.258 e. The second-order valence-electron chi connectivity index (χ2n) is 8.76. The molecule has 3 aromatic rings. The van der Waals surface area contributed by atoms with E-state index in [1.165, 1.54) is 0 Å². The van der Waals surface area contributed by atoms with Crippen molar-refractivity contribution < 1.29 is 14.4 Å². The molecule has 0 fully saturated rings. The highest BCUT2D eigenvalue weighted by Crippen LogP contribution is 2.38. The molecule has 0 bridgehead atoms. The summed E-state index contributed by atoms with van der Waals surface area (Å²) in [5, 5.41) is 24.8. The first-order valence-electron chi connectivity index (χ1n) is 10.5. The van der Waals surface area contributed by atoms with Crippen molar-refractivity contribution in [1.29, 1.82) is 5.26 Å². The van der Waals surface area contributed by atoms with E-state index in [0.29, 0.717) is 22.7 Å². The number of aliphatic hydroxyl groups is 1. The lowest BCUT2D eigenvalue weighted by Crippen LogP contribution is -2.50. The summed E-state index contributed by atoms with van der Waals surface area (Å²) in [6.45, 7) is 3.02. The highest BCUT2D eigenvalue weighted by molar-refractivity contribution is 6.40. The first-order valence-corrected chi connectivity index (χ1v) is 10.5. The number of ether oxygens (including phenoxy) is 1. The normalized spacial score (nSPS) is 15.8. The van der Waals surface area contributed by atoms with E-state index in [-0.39, 0.29) is 18.5 Å². The van der Waals surface area contributed by atoms with E-state index in [2.05, 4.69) is 21.5 Å². The van der Waals surface area contributed by atoms with Crippen LogP contribution in [0.1, 0.15) is 43.0 Å². The predicted octanol–water partition coefficient (Wildman–Crippen LogP) is 2.12. The summed E-state index contributed by atoms with van der Waals surface area (Å²) in [6.07, 6.45) is 1.55. The lowest BCUT2D eigenvalue weighted by molar-refractivity contribution is 0.197. The molecule has 33 heavy (non-hydrogen) atoms. The summed E-state index contributed by atoms with van der Waals surface area (Å²) in [6, 6.07) is 12.9. The van der Waals surface area contributed by atoms with Crippen LogP contribution in [0.2, 0.25) is 0 Å². The van der Waals surface area contributed by atoms with Gasteiger partial charge >= 0.3 is 0 Å². The molecule has 10 heteroatoms. The zero-order valence-electron chi connectivity index (χ0n) is 18.5. The van der Waals surface area contributed by atoms with E-state index in [1.54, 1.807) is 32.0 Å². The first kappa shape index (κ1) is 23.2. The average molecular weight is 434 g/mol. The summed E-state index contributed by atoms with van der Waals surface area (Å²) in [7, 11) is 17.7. The van der Waals surface area contributed by atoms with Gasteiger partial charge in [0.1, 0.15) is 19.7 Å². The Morgan fingerprint density at radius 3 is 2.76 bits per heavy atom. The number of aliphatic hydroxyl groups excluding tert-OH is 1. The van der Waals surface area contributed by atoms with Crippen molar-refractivity contribution >= 4 is 23.5 Å². The van der Waals surface area contributed by atoms with Crippen molar-refractivity contribution in [3.05, 3.63) is 53.1 Å². The van der Waals surface area contributed by atoms with Crippen LogP contribution in [-0.2, 0) is 6.42 Å². The van der Waals surface area contributed by atoms with Crippen LogP contribution in [0.15, 0.2) is 40.9 Å². The van der Waals surface area contributed by atoms with Crippen molar-refractivity contribution in [2.45, 2.75) is 43.6 Å². The highest BCUT2D eigenvalue weighted by Gasteiger charge is 2.30. The number of hydrogen-bond donors (Lipinski definition) is 2. The molecule has 0 saturated heterocycles. The Kier molecular flexibility index (Phi) is 6.13. The standard InChI is InChI=1S/C23H21B3N4O3/c1-22(2,24)32-19-9-6-13(10-14(19)11-27)21-28-20(30-33-21)17-5-3-4-16-15(17)7-8-18(16)29-23(25,26)12-31/h3-6,9-10,18,29,31H,7-8,12H2,1-2H3/t18-/m0/s1. The van der Waals surface area contributed by atoms with Gasteiger partial charge in [-0.25, -0.2) is 0 Å². The van der Waals surface area contributed by atoms with Gasteiger partial charge in [-0.3, -0.25) is 0 Å². The van der Waals surface area contributed by atoms with E-state index < -0.39 is 10.8 Å². The summed E-state index contributed by atoms with van der Waals surface area (Å²) >= 11 is 0. The molecular formula is C23H21B3N4O3. The fourth-order valence-corrected chi connectivity index (χ4v) is 3.96. The van der Waals surface area contributed by atoms with Gasteiger partial charge in [0.25, 0.3) is 5.89 Å². The van der Waals surface area contributed by atoms with E-state index in [1.807, 2.05) is 18.2 Å². The molecule has 1 aliphatic carbocycles. The highest BCUT2D eigenvalue weighted by atomic mass is 16.5. The topological polar surface area (TPSA) is 104 Å². The minimum atomic E-state index is -1.37. The lowest BCUT2D eigenvalue weighted by Gasteiger charge is -2.29. The number of hydrogen-bond acceptors (Lipinski definition) is 7. The summed E-state index contributed by atoms with van der Waals surface area (Å²) in [4.78, 5) is 4.56. The molecule has 0 aliphatic heterocycles. The SMILES string of the molecule is [B]C([B])(CO)N[C@H]1CCc2c(-c3noc(-c4ccc(OC([B])(C)C)c(C#N)c4)n3)cccc21. The third-order valence-electron chi connectivity index (χ3n) is 5.36. The Hall–Kier alpha value is -3.02. The number of aromatic nitrogens is 2. The van der Waals surface area contributed by atoms with E-state index in [0.717, 1.165) is 29.5 Å². The molecule has 1 aromatic heterocycles. The largest absolute Gasteiger partial charge is 0.497 e. The number of nitrogens with zero attached hydrogens (tertiary/aromatic N) is 3. The number of nitriles is 1. The van der Waals surface area contributed by atoms with Gasteiger partial charge in [-0.05, 0) is 61.4 Å². The van der Waals surface area contributed by atoms with Gasteiger partial charge in [-0.15, -0.1) is 0 Å². The van der Waals surface area contributed by atoms with Crippen molar-refractivity contribution in [2.24, 2.45) is 0 Å². The molecule has 0 unspecified atom stereocenters. The van der Waals surface area contributed by atoms with Gasteiger partial charge in [0, 0.05) is 23.8 Å². The monoisotopic (exact) mass is 434 g/mol. The molecule has 1 atom stereocenters. The fraction of sp³-hybridized carbons (Fsp3) is 0.348. The first-order chi connectivity index (χ1) is 15.6. The molecular weight excluding hydrogens is 413 g/mol. The Bertz CT molecular complexity index is 1210. The van der Waals surface area contributed by atoms with Gasteiger partial charge < -0.3 is 19.7 Å². The Labute approximate surface area is 196 Å². The minimum absolute atomic E-state index is 0.0917. The molecule has 0 amide bonds. The van der Waals surface area contributed by atoms with Gasteiger partial charge in [0.05, 0.1) is 26.8 Å². The minimum Gasteiger partial charge on any atom is -0.497 e. The third kappa shape index (κ3) is 5.00. The Morgan fingerprint density at radius 1 is 1.27 bits per heavy atom. The molecule has 6 radical (unpaired) electrons. The molecule has 160 valence electrons. The summed E-state index contributed by atoms with van der Waals surface area (Å²) < 4.78 is 11.1. The maximum Gasteiger partial charge on any atom is 0.258 e. The van der Waals surface area contributed by atoms with Crippen LogP contribution in [0.4, 0.5) is 0 Å². The van der Waals surface area contributed by atoms with Gasteiger partial charge in [-0.1, -0.05) is 23.4 Å². The van der Waals surface area contributed by atoms with Crippen LogP contribution < -0.4 is 10.1 Å². The van der Waals surface area contributed by atoms with Crippen LogP contribution in [0.3, 0.4) is 0 Å². The number of fused-ring (bicyclic) bond motifs is 1. The summed E-state index contributed by atoms with van der Waals surface area (Å²) in [5.41, 5.74) is 2.94. The van der Waals surface area contributed by atoms with Crippen LogP contribution in [0.25, 0.3) is 22.8 Å². The molecule has 1 heterocycles. The number of benzene rings is 2. The van der Waals surface area contributed by atoms with E-state index in [4.69, 9.17) is 32.8 Å². The van der Waals surface area contributed by atoms with Crippen LogP contribution >= 0.6 is 0 Å². The van der Waals surface area contributed by atoms with Crippen LogP contribution in [0.5, 0.6) is 5.75 Å². The van der Waals surface area contributed by atoms with Gasteiger partial charge in [0.15, 0.2) is 0 Å². The average Bonchev–Trinajstić information content (AvgIpc) is 3.40. The number of nitrogens with one attached hydrogen (secondary N) is 1. The zero-order chi connectivity index (χ0) is 23.8. The van der Waals surface area contributed by atoms with Crippen molar-refractivity contribution in [3.63, 3.8) is 0 Å². The molecule has 7 nitrogen and oxygen atoms in total. The number of rotatable bonds is 7. The Morgan fingerprint density at radius 2 is 2.06 bits per heavy atom. The van der Waals surface area contributed by atoms with Crippen LogP contribution in [-0.4, -0.2) is 56.2 Å². The molecule has 0 saturated carbocycles. The molecule has 2 aromatic carbocycles. The maximum absolute atomic E-state index is 9.52. The maximum atomic E-state index is 9.52.